The third kappa shape index (κ3) is 5.73. The number of carbonyl (C=O) groups is 2. The Morgan fingerprint density at radius 1 is 1.15 bits per heavy atom. The number of carbonyl (C=O) groups excluding carboxylic acids is 2. The summed E-state index contributed by atoms with van der Waals surface area (Å²) in [5.74, 6) is -1.70. The molecular weight excluding hydrogens is 575 g/mol. The molecule has 2 aliphatic rings. The number of aliphatic hydroxyl groups is 3. The number of halogens is 2. The number of aliphatic hydroxyl groups excluding tert-OH is 3. The van der Waals surface area contributed by atoms with Gasteiger partial charge in [0, 0.05) is 21.9 Å². The van der Waals surface area contributed by atoms with Gasteiger partial charge in [0.15, 0.2) is 5.71 Å². The smallest absolute Gasteiger partial charge is 0.393 e. The summed E-state index contributed by atoms with van der Waals surface area (Å²) in [4.78, 5) is 34.2. The van der Waals surface area contributed by atoms with Crippen molar-refractivity contribution in [1.82, 2.24) is 5.48 Å². The third-order valence-electron chi connectivity index (χ3n) is 7.38. The van der Waals surface area contributed by atoms with Gasteiger partial charge in [0.2, 0.25) is 6.04 Å². The quantitative estimate of drug-likeness (QED) is 0.230. The van der Waals surface area contributed by atoms with Crippen LogP contribution in [-0.2, 0) is 16.2 Å². The van der Waals surface area contributed by atoms with Gasteiger partial charge in [0.05, 0.1) is 17.2 Å². The zero-order chi connectivity index (χ0) is 28.4. The van der Waals surface area contributed by atoms with Gasteiger partial charge in [-0.05, 0) is 66.1 Å². The summed E-state index contributed by atoms with van der Waals surface area (Å²) in [5.41, 5.74) is 5.10. The zero-order valence-corrected chi connectivity index (χ0v) is 23.8. The summed E-state index contributed by atoms with van der Waals surface area (Å²) in [6.07, 6.45) is 0.885. The molecule has 0 saturated heterocycles. The van der Waals surface area contributed by atoms with Crippen molar-refractivity contribution in [2.75, 3.05) is 6.61 Å². The summed E-state index contributed by atoms with van der Waals surface area (Å²) in [6, 6.07) is 12.7. The first-order chi connectivity index (χ1) is 19.3. The van der Waals surface area contributed by atoms with Crippen molar-refractivity contribution in [2.24, 2.45) is 0 Å². The van der Waals surface area contributed by atoms with Crippen LogP contribution >= 0.6 is 34.5 Å². The average molecular weight is 605 g/mol. The van der Waals surface area contributed by atoms with Crippen LogP contribution in [0.3, 0.4) is 0 Å². The SMILES string of the molecule is O=C(NOCc1cc(C(O)CO)cs1)[C@@H]1c2ccccc2C(=O)[N+](=C2CCCC[C@@H]2O)[C@H]1c1ccc(Cl)cc1Cl. The van der Waals surface area contributed by atoms with Gasteiger partial charge in [0.25, 0.3) is 5.91 Å². The van der Waals surface area contributed by atoms with Crippen LogP contribution in [0, 0.1) is 0 Å². The Bertz CT molecular complexity index is 1460. The number of nitrogens with one attached hydrogen (secondary N) is 1. The van der Waals surface area contributed by atoms with Crippen molar-refractivity contribution >= 4 is 52.1 Å². The summed E-state index contributed by atoms with van der Waals surface area (Å²) in [6.45, 7) is -0.361. The van der Waals surface area contributed by atoms with E-state index in [1.165, 1.54) is 11.3 Å². The number of rotatable bonds is 7. The summed E-state index contributed by atoms with van der Waals surface area (Å²) in [5, 5.41) is 32.4. The fourth-order valence-electron chi connectivity index (χ4n) is 5.45. The van der Waals surface area contributed by atoms with Crippen molar-refractivity contribution in [3.8, 4) is 0 Å². The largest absolute Gasteiger partial charge is 0.420 e. The van der Waals surface area contributed by atoms with Crippen LogP contribution in [0.15, 0.2) is 53.9 Å². The molecule has 2 amide bonds. The number of amides is 2. The van der Waals surface area contributed by atoms with Gasteiger partial charge < -0.3 is 15.3 Å². The Labute approximate surface area is 245 Å². The molecule has 1 unspecified atom stereocenters. The normalized spacial score (nSPS) is 23.5. The van der Waals surface area contributed by atoms with Crippen LogP contribution in [0.2, 0.25) is 10.0 Å². The minimum absolute atomic E-state index is 0.0357. The molecule has 2 aromatic carbocycles. The lowest BCUT2D eigenvalue weighted by Crippen LogP contribution is -2.47. The second-order valence-electron chi connectivity index (χ2n) is 9.90. The maximum Gasteiger partial charge on any atom is 0.420 e. The molecular formula is C29H29Cl2N2O6S+. The minimum Gasteiger partial charge on any atom is -0.393 e. The van der Waals surface area contributed by atoms with E-state index in [-0.39, 0.29) is 12.5 Å². The molecule has 2 heterocycles. The molecule has 4 atom stereocenters. The predicted octanol–water partition coefficient (Wildman–Crippen LogP) is 4.70. The minimum atomic E-state index is -0.987. The molecule has 3 aromatic rings. The van der Waals surface area contributed by atoms with Crippen molar-refractivity contribution in [1.29, 1.82) is 0 Å². The number of hydroxylamine groups is 1. The monoisotopic (exact) mass is 603 g/mol. The Balaban J connectivity index is 1.55. The number of fused-ring (bicyclic) bond motifs is 1. The number of hydrogen-bond acceptors (Lipinski definition) is 7. The summed E-state index contributed by atoms with van der Waals surface area (Å²) >= 11 is 14.2. The Morgan fingerprint density at radius 2 is 1.95 bits per heavy atom. The molecule has 0 spiro atoms. The Morgan fingerprint density at radius 3 is 2.70 bits per heavy atom. The van der Waals surface area contributed by atoms with Crippen molar-refractivity contribution in [3.05, 3.63) is 91.1 Å². The number of nitrogens with zero attached hydrogens (tertiary/aromatic N) is 1. The lowest BCUT2D eigenvalue weighted by Gasteiger charge is -2.32. The van der Waals surface area contributed by atoms with Crippen LogP contribution in [0.25, 0.3) is 0 Å². The number of benzene rings is 2. The Hall–Kier alpha value is -2.63. The van der Waals surface area contributed by atoms with E-state index in [1.54, 1.807) is 58.5 Å². The van der Waals surface area contributed by atoms with Gasteiger partial charge in [-0.1, -0.05) is 41.4 Å². The van der Waals surface area contributed by atoms with Crippen molar-refractivity contribution < 1.29 is 34.3 Å². The summed E-state index contributed by atoms with van der Waals surface area (Å²) in [7, 11) is 0. The highest BCUT2D eigenvalue weighted by Crippen LogP contribution is 2.44. The zero-order valence-electron chi connectivity index (χ0n) is 21.4. The van der Waals surface area contributed by atoms with Crippen LogP contribution in [0.4, 0.5) is 0 Å². The Kier molecular flexibility index (Phi) is 9.01. The van der Waals surface area contributed by atoms with Crippen LogP contribution in [0.1, 0.15) is 75.7 Å². The van der Waals surface area contributed by atoms with Gasteiger partial charge in [-0.2, -0.15) is 4.58 Å². The van der Waals surface area contributed by atoms with Gasteiger partial charge in [-0.25, -0.2) is 10.3 Å². The lowest BCUT2D eigenvalue weighted by molar-refractivity contribution is -0.489. The highest BCUT2D eigenvalue weighted by Gasteiger charge is 2.52. The molecule has 40 heavy (non-hydrogen) atoms. The maximum atomic E-state index is 14.0. The first-order valence-corrected chi connectivity index (χ1v) is 14.6. The first-order valence-electron chi connectivity index (χ1n) is 13.0. The average Bonchev–Trinajstić information content (AvgIpc) is 3.42. The van der Waals surface area contributed by atoms with Crippen molar-refractivity contribution in [2.45, 2.75) is 56.5 Å². The predicted molar refractivity (Wildman–Crippen MR) is 152 cm³/mol. The van der Waals surface area contributed by atoms with E-state index >= 15 is 0 Å². The summed E-state index contributed by atoms with van der Waals surface area (Å²) < 4.78 is 1.55. The molecule has 1 aliphatic heterocycles. The molecule has 210 valence electrons. The van der Waals surface area contributed by atoms with Gasteiger partial charge in [-0.3, -0.25) is 9.63 Å². The van der Waals surface area contributed by atoms with E-state index in [1.807, 2.05) is 0 Å². The van der Waals surface area contributed by atoms with Gasteiger partial charge >= 0.3 is 5.91 Å². The molecule has 11 heteroatoms. The van der Waals surface area contributed by atoms with Crippen molar-refractivity contribution in [3.63, 3.8) is 0 Å². The van der Waals surface area contributed by atoms with E-state index in [0.717, 1.165) is 17.7 Å². The highest BCUT2D eigenvalue weighted by atomic mass is 35.5. The first kappa shape index (κ1) is 28.9. The van der Waals surface area contributed by atoms with Gasteiger partial charge in [-0.15, -0.1) is 11.3 Å². The van der Waals surface area contributed by atoms with E-state index in [2.05, 4.69) is 5.48 Å². The number of thiophene rings is 1. The molecule has 0 bridgehead atoms. The van der Waals surface area contributed by atoms with Crippen LogP contribution in [-0.4, -0.2) is 50.1 Å². The second kappa shape index (κ2) is 12.5. The van der Waals surface area contributed by atoms with E-state index in [9.17, 15) is 24.9 Å². The fourth-order valence-corrected chi connectivity index (χ4v) is 6.81. The highest BCUT2D eigenvalue weighted by molar-refractivity contribution is 7.10. The van der Waals surface area contributed by atoms with Crippen LogP contribution in [0.5, 0.6) is 0 Å². The van der Waals surface area contributed by atoms with E-state index in [4.69, 9.17) is 28.0 Å². The molecule has 1 saturated carbocycles. The molecule has 1 aliphatic carbocycles. The van der Waals surface area contributed by atoms with E-state index < -0.39 is 36.7 Å². The third-order valence-corrected chi connectivity index (χ3v) is 8.87. The number of hydrogen-bond donors (Lipinski definition) is 4. The van der Waals surface area contributed by atoms with Crippen LogP contribution < -0.4 is 5.48 Å². The molecule has 1 aromatic heterocycles. The lowest BCUT2D eigenvalue weighted by atomic mass is 9.79. The second-order valence-corrected chi connectivity index (χ2v) is 11.7. The van der Waals surface area contributed by atoms with E-state index in [0.29, 0.717) is 50.9 Å². The molecule has 0 radical (unpaired) electrons. The standard InChI is InChI=1S/C29H28Cl2N2O6S/c30-17-9-10-21(22(31)12-17)27-26(28(37)32-39-14-18-11-16(15-40-18)25(36)13-34)19-5-1-2-6-20(19)29(38)33(27)23-7-3-4-8-24(23)35/h1-2,5-6,9-12,15,24-27,34-36H,3-4,7-8,13-14H2/p+1/t24-,25?,26+,27-/m0/s1. The fraction of sp³-hybridized carbons (Fsp3) is 0.345. The molecule has 5 rings (SSSR count). The molecule has 8 nitrogen and oxygen atoms in total. The molecule has 1 fully saturated rings. The molecule has 4 N–H and O–H groups in total. The topological polar surface area (TPSA) is 119 Å². The maximum absolute atomic E-state index is 14.0. The van der Waals surface area contributed by atoms with Gasteiger partial charge in [0.1, 0.15) is 24.7 Å².